The second-order valence-corrected chi connectivity index (χ2v) is 8.78. The smallest absolute Gasteiger partial charge is 0.209 e. The molecular weight excluding hydrogens is 469 g/mol. The molecule has 1 unspecified atom stereocenters. The maximum absolute atomic E-state index is 11.5. The zero-order chi connectivity index (χ0) is 18.7. The van der Waals surface area contributed by atoms with Gasteiger partial charge in [-0.3, -0.25) is 4.99 Å². The molecule has 1 aliphatic heterocycles. The van der Waals surface area contributed by atoms with Crippen LogP contribution in [0, 0.1) is 6.92 Å². The van der Waals surface area contributed by atoms with E-state index in [9.17, 15) is 8.42 Å². The third kappa shape index (κ3) is 6.99. The Morgan fingerprint density at radius 3 is 2.73 bits per heavy atom. The highest BCUT2D eigenvalue weighted by Crippen LogP contribution is 2.22. The zero-order valence-corrected chi connectivity index (χ0v) is 19.2. The molecule has 150 valence electrons. The van der Waals surface area contributed by atoms with Gasteiger partial charge in [0, 0.05) is 18.6 Å². The fraction of sp³-hybridized carbons (Fsp3) is 0.800. The molecule has 2 heterocycles. The van der Waals surface area contributed by atoms with Crippen molar-refractivity contribution in [1.82, 2.24) is 30.1 Å². The molecule has 0 spiro atoms. The number of hydrogen-bond donors (Lipinski definition) is 3. The predicted molar refractivity (Wildman–Crippen MR) is 113 cm³/mol. The number of fused-ring (bicyclic) bond motifs is 1. The molecule has 0 bridgehead atoms. The Kier molecular flexibility index (Phi) is 8.27. The number of nitrogens with one attached hydrogen (secondary N) is 3. The molecular formula is C15H30IN7O2S. The van der Waals surface area contributed by atoms with Gasteiger partial charge in [-0.05, 0) is 40.5 Å². The zero-order valence-electron chi connectivity index (χ0n) is 16.0. The van der Waals surface area contributed by atoms with E-state index in [0.717, 1.165) is 37.3 Å². The van der Waals surface area contributed by atoms with Gasteiger partial charge >= 0.3 is 0 Å². The molecule has 1 aromatic heterocycles. The lowest BCUT2D eigenvalue weighted by molar-refractivity contribution is 0.396. The van der Waals surface area contributed by atoms with Gasteiger partial charge in [-0.25, -0.2) is 22.8 Å². The number of nitrogens with zero attached hydrogens (tertiary/aromatic N) is 4. The summed E-state index contributed by atoms with van der Waals surface area (Å²) in [7, 11) is -3.29. The second-order valence-electron chi connectivity index (χ2n) is 7.03. The summed E-state index contributed by atoms with van der Waals surface area (Å²) in [6.45, 7) is 9.40. The molecule has 0 aromatic carbocycles. The minimum absolute atomic E-state index is 0. The Bertz CT molecular complexity index is 730. The minimum atomic E-state index is -3.29. The minimum Gasteiger partial charge on any atom is -0.357 e. The Morgan fingerprint density at radius 2 is 2.12 bits per heavy atom. The van der Waals surface area contributed by atoms with Crippen molar-refractivity contribution in [2.75, 3.05) is 19.3 Å². The van der Waals surface area contributed by atoms with E-state index < -0.39 is 15.6 Å². The summed E-state index contributed by atoms with van der Waals surface area (Å²) in [5.74, 6) is 2.33. The topological polar surface area (TPSA) is 113 Å². The van der Waals surface area contributed by atoms with Gasteiger partial charge in [0.15, 0.2) is 5.96 Å². The van der Waals surface area contributed by atoms with E-state index in [2.05, 4.69) is 30.4 Å². The van der Waals surface area contributed by atoms with Gasteiger partial charge in [-0.15, -0.1) is 24.0 Å². The molecule has 26 heavy (non-hydrogen) atoms. The Hall–Kier alpha value is -0.950. The van der Waals surface area contributed by atoms with Crippen molar-refractivity contribution in [2.45, 2.75) is 58.7 Å². The van der Waals surface area contributed by atoms with Gasteiger partial charge in [-0.1, -0.05) is 0 Å². The fourth-order valence-corrected chi connectivity index (χ4v) is 3.97. The van der Waals surface area contributed by atoms with Crippen LogP contribution in [0.3, 0.4) is 0 Å². The number of hydrogen-bond acceptors (Lipinski definition) is 5. The molecule has 0 aliphatic carbocycles. The van der Waals surface area contributed by atoms with E-state index in [1.165, 1.54) is 0 Å². The summed E-state index contributed by atoms with van der Waals surface area (Å²) in [5, 5.41) is 11.0. The monoisotopic (exact) mass is 499 g/mol. The third-order valence-electron chi connectivity index (χ3n) is 3.73. The van der Waals surface area contributed by atoms with Crippen molar-refractivity contribution in [1.29, 1.82) is 0 Å². The lowest BCUT2D eigenvalue weighted by Crippen LogP contribution is -2.47. The molecule has 3 N–H and O–H groups in total. The number of sulfonamides is 1. The van der Waals surface area contributed by atoms with Crippen molar-refractivity contribution >= 4 is 40.0 Å². The van der Waals surface area contributed by atoms with Crippen LogP contribution >= 0.6 is 24.0 Å². The molecule has 0 fully saturated rings. The van der Waals surface area contributed by atoms with Crippen LogP contribution in [0.4, 0.5) is 0 Å². The highest BCUT2D eigenvalue weighted by Gasteiger charge is 2.25. The summed E-state index contributed by atoms with van der Waals surface area (Å²) in [6, 6.07) is 0.0405. The molecule has 0 radical (unpaired) electrons. The quantitative estimate of drug-likeness (QED) is 0.305. The molecule has 11 heteroatoms. The van der Waals surface area contributed by atoms with Crippen molar-refractivity contribution in [2.24, 2.45) is 4.99 Å². The summed E-state index contributed by atoms with van der Waals surface area (Å²) in [5.41, 5.74) is -0.668. The van der Waals surface area contributed by atoms with E-state index in [0.29, 0.717) is 19.0 Å². The maximum atomic E-state index is 11.5. The van der Waals surface area contributed by atoms with E-state index in [1.54, 1.807) is 0 Å². The van der Waals surface area contributed by atoms with E-state index >= 15 is 0 Å². The molecule has 0 amide bonds. The van der Waals surface area contributed by atoms with Crippen LogP contribution in [0.25, 0.3) is 0 Å². The van der Waals surface area contributed by atoms with Gasteiger partial charge in [0.1, 0.15) is 11.6 Å². The average Bonchev–Trinajstić information content (AvgIpc) is 2.84. The number of halogens is 1. The van der Waals surface area contributed by atoms with Crippen LogP contribution in [0.15, 0.2) is 4.99 Å². The van der Waals surface area contributed by atoms with Gasteiger partial charge in [0.2, 0.25) is 10.0 Å². The summed E-state index contributed by atoms with van der Waals surface area (Å²) in [6.07, 6.45) is 3.13. The third-order valence-corrected chi connectivity index (χ3v) is 4.65. The SMILES string of the molecule is CCNC(=NCC(C)(C)NS(C)(=O)=O)NC1CCCn2nc(C)nc21.I. The Labute approximate surface area is 172 Å². The highest BCUT2D eigenvalue weighted by atomic mass is 127. The molecule has 0 saturated carbocycles. The first-order chi connectivity index (χ1) is 11.6. The standard InChI is InChI=1S/C15H29N7O2S.HI/c1-6-16-14(17-10-15(3,4)21-25(5,23)24)19-12-8-7-9-22-13(12)18-11(2)20-22;/h12,21H,6-10H2,1-5H3,(H2,16,17,19);1H. The summed E-state index contributed by atoms with van der Waals surface area (Å²) in [4.78, 5) is 9.07. The number of aromatic nitrogens is 3. The molecule has 1 atom stereocenters. The van der Waals surface area contributed by atoms with Gasteiger partial charge in [-0.2, -0.15) is 5.10 Å². The van der Waals surface area contributed by atoms with Gasteiger partial charge in [0.25, 0.3) is 0 Å². The fourth-order valence-electron chi connectivity index (χ4n) is 2.90. The van der Waals surface area contributed by atoms with E-state index in [4.69, 9.17) is 0 Å². The highest BCUT2D eigenvalue weighted by molar-refractivity contribution is 14.0. The van der Waals surface area contributed by atoms with Crippen LogP contribution in [0.5, 0.6) is 0 Å². The first kappa shape index (κ1) is 23.1. The average molecular weight is 499 g/mol. The first-order valence-electron chi connectivity index (χ1n) is 8.55. The summed E-state index contributed by atoms with van der Waals surface area (Å²) >= 11 is 0. The Morgan fingerprint density at radius 1 is 1.42 bits per heavy atom. The number of aliphatic imine (C=N–C) groups is 1. The molecule has 9 nitrogen and oxygen atoms in total. The van der Waals surface area contributed by atoms with Crippen LogP contribution in [-0.2, 0) is 16.6 Å². The van der Waals surface area contributed by atoms with Crippen molar-refractivity contribution in [3.8, 4) is 0 Å². The van der Waals surface area contributed by atoms with E-state index in [-0.39, 0.29) is 30.0 Å². The van der Waals surface area contributed by atoms with Crippen molar-refractivity contribution in [3.05, 3.63) is 11.6 Å². The van der Waals surface area contributed by atoms with E-state index in [1.807, 2.05) is 32.4 Å². The lowest BCUT2D eigenvalue weighted by Gasteiger charge is -2.26. The van der Waals surface area contributed by atoms with Gasteiger partial charge in [0.05, 0.1) is 18.8 Å². The molecule has 1 aliphatic rings. The predicted octanol–water partition coefficient (Wildman–Crippen LogP) is 0.922. The lowest BCUT2D eigenvalue weighted by atomic mass is 10.1. The summed E-state index contributed by atoms with van der Waals surface area (Å²) < 4.78 is 27.5. The van der Waals surface area contributed by atoms with Crippen LogP contribution in [0.2, 0.25) is 0 Å². The van der Waals surface area contributed by atoms with Crippen LogP contribution in [0.1, 0.15) is 51.3 Å². The Balaban J connectivity index is 0.00000338. The normalized spacial score (nSPS) is 18.0. The maximum Gasteiger partial charge on any atom is 0.209 e. The second kappa shape index (κ2) is 9.31. The van der Waals surface area contributed by atoms with Crippen molar-refractivity contribution in [3.63, 3.8) is 0 Å². The first-order valence-corrected chi connectivity index (χ1v) is 10.4. The molecule has 2 rings (SSSR count). The van der Waals surface area contributed by atoms with Crippen molar-refractivity contribution < 1.29 is 8.42 Å². The van der Waals surface area contributed by atoms with Gasteiger partial charge < -0.3 is 10.6 Å². The number of aryl methyl sites for hydroxylation is 2. The number of rotatable bonds is 6. The van der Waals surface area contributed by atoms with Crippen LogP contribution < -0.4 is 15.4 Å². The molecule has 1 aromatic rings. The largest absolute Gasteiger partial charge is 0.357 e. The van der Waals surface area contributed by atoms with Crippen LogP contribution in [-0.4, -0.2) is 54.0 Å². The number of guanidine groups is 1. The molecule has 0 saturated heterocycles.